The number of rotatable bonds is 37. The molecule has 0 rings (SSSR count). The minimum atomic E-state index is -4.41. The highest BCUT2D eigenvalue weighted by molar-refractivity contribution is 7.47. The quantitative estimate of drug-likeness (QED) is 0.0217. The standard InChI is InChI=1S/C48H78NO8P/c1-6-8-10-12-14-16-18-20-22-23-24-25-27-29-31-33-35-37-39-41-48(51)57-46(45-56-58(52,53)55-43-42-49(3,4)5)44-54-47(50)40-38-36-34-32-30-28-26-21-19-17-15-13-11-9-7-2/h8,10,14-17,20-22,24-26,29-32,35,37,46H,6-7,9,11-13,18-19,23,27-28,33-34,36,38-45H2,1-5H3/p+1/b10-8-,16-14-,17-15-,22-20-,25-24-,26-21-,31-29-,32-30-,37-35-/t46-/m1/s1. The molecule has 0 spiro atoms. The van der Waals surface area contributed by atoms with Crippen molar-refractivity contribution in [2.75, 3.05) is 47.5 Å². The number of ether oxygens (including phenoxy) is 2. The van der Waals surface area contributed by atoms with Crippen LogP contribution in [-0.2, 0) is 32.7 Å². The molecule has 0 amide bonds. The van der Waals surface area contributed by atoms with Crippen LogP contribution in [0.1, 0.15) is 129 Å². The van der Waals surface area contributed by atoms with Gasteiger partial charge in [0.2, 0.25) is 0 Å². The molecule has 0 aromatic heterocycles. The van der Waals surface area contributed by atoms with Gasteiger partial charge in [-0.05, 0) is 89.9 Å². The molecule has 0 aliphatic carbocycles. The van der Waals surface area contributed by atoms with Gasteiger partial charge >= 0.3 is 19.8 Å². The lowest BCUT2D eigenvalue weighted by Crippen LogP contribution is -2.37. The predicted octanol–water partition coefficient (Wildman–Crippen LogP) is 12.3. The molecule has 9 nitrogen and oxygen atoms in total. The molecule has 2 atom stereocenters. The number of phosphoric acid groups is 1. The SMILES string of the molecule is CC/C=C\C/C=C\C/C=C\C/C=C\C/C=C\C/C=C\CCC(=O)O[C@H](COC(=O)CCCC/C=C\C/C=C\C/C=C\CCCCC)COP(=O)(O)OCC[N+](C)(C)C. The fraction of sp³-hybridized carbons (Fsp3) is 0.583. The van der Waals surface area contributed by atoms with E-state index in [0.29, 0.717) is 23.9 Å². The molecular weight excluding hydrogens is 750 g/mol. The van der Waals surface area contributed by atoms with E-state index in [9.17, 15) is 19.0 Å². The summed E-state index contributed by atoms with van der Waals surface area (Å²) in [5.74, 6) is -0.955. The van der Waals surface area contributed by atoms with Crippen LogP contribution < -0.4 is 0 Å². The molecule has 58 heavy (non-hydrogen) atoms. The zero-order valence-electron chi connectivity index (χ0n) is 36.7. The number of hydrogen-bond donors (Lipinski definition) is 1. The van der Waals surface area contributed by atoms with E-state index >= 15 is 0 Å². The van der Waals surface area contributed by atoms with Gasteiger partial charge in [-0.15, -0.1) is 0 Å². The number of esters is 2. The molecule has 0 heterocycles. The number of allylic oxidation sites excluding steroid dienone is 18. The van der Waals surface area contributed by atoms with Crippen LogP contribution in [0.5, 0.6) is 0 Å². The maximum Gasteiger partial charge on any atom is 0.472 e. The van der Waals surface area contributed by atoms with Crippen molar-refractivity contribution in [3.05, 3.63) is 109 Å². The van der Waals surface area contributed by atoms with Crippen LogP contribution in [0.25, 0.3) is 0 Å². The van der Waals surface area contributed by atoms with Gasteiger partial charge in [0.05, 0.1) is 27.7 Å². The third-order valence-electron chi connectivity index (χ3n) is 8.30. The van der Waals surface area contributed by atoms with Gasteiger partial charge in [0.15, 0.2) is 6.10 Å². The van der Waals surface area contributed by atoms with Crippen LogP contribution in [-0.4, -0.2) is 74.9 Å². The van der Waals surface area contributed by atoms with Crippen LogP contribution in [0, 0.1) is 0 Å². The fourth-order valence-electron chi connectivity index (χ4n) is 4.93. The van der Waals surface area contributed by atoms with Crippen molar-refractivity contribution >= 4 is 19.8 Å². The summed E-state index contributed by atoms with van der Waals surface area (Å²) in [6.07, 6.45) is 53.0. The van der Waals surface area contributed by atoms with Gasteiger partial charge in [-0.3, -0.25) is 18.6 Å². The minimum Gasteiger partial charge on any atom is -0.462 e. The average Bonchev–Trinajstić information content (AvgIpc) is 3.17. The number of phosphoric ester groups is 1. The Morgan fingerprint density at radius 3 is 1.47 bits per heavy atom. The molecule has 328 valence electrons. The number of carbonyl (C=O) groups excluding carboxylic acids is 2. The van der Waals surface area contributed by atoms with Gasteiger partial charge < -0.3 is 18.9 Å². The van der Waals surface area contributed by atoms with Crippen molar-refractivity contribution in [2.45, 2.75) is 136 Å². The van der Waals surface area contributed by atoms with Crippen LogP contribution in [0.4, 0.5) is 0 Å². The Morgan fingerprint density at radius 2 is 1.00 bits per heavy atom. The lowest BCUT2D eigenvalue weighted by molar-refractivity contribution is -0.870. The molecule has 0 aliphatic rings. The average molecular weight is 829 g/mol. The van der Waals surface area contributed by atoms with Crippen molar-refractivity contribution in [1.29, 1.82) is 0 Å². The molecule has 0 saturated heterocycles. The Kier molecular flexibility index (Phi) is 36.9. The van der Waals surface area contributed by atoms with Crippen molar-refractivity contribution in [1.82, 2.24) is 0 Å². The van der Waals surface area contributed by atoms with Crippen molar-refractivity contribution in [2.24, 2.45) is 0 Å². The Hall–Kier alpha value is -3.33. The van der Waals surface area contributed by atoms with Crippen LogP contribution in [0.15, 0.2) is 109 Å². The van der Waals surface area contributed by atoms with Crippen molar-refractivity contribution < 1.29 is 42.1 Å². The van der Waals surface area contributed by atoms with E-state index in [1.54, 1.807) is 0 Å². The third-order valence-corrected chi connectivity index (χ3v) is 9.28. The highest BCUT2D eigenvalue weighted by Crippen LogP contribution is 2.43. The minimum absolute atomic E-state index is 0.00537. The number of unbranched alkanes of at least 4 members (excludes halogenated alkanes) is 5. The summed E-state index contributed by atoms with van der Waals surface area (Å²) in [5.41, 5.74) is 0. The number of carbonyl (C=O) groups is 2. The summed E-state index contributed by atoms with van der Waals surface area (Å²) in [7, 11) is 1.39. The smallest absolute Gasteiger partial charge is 0.462 e. The van der Waals surface area contributed by atoms with Gasteiger partial charge in [-0.1, -0.05) is 136 Å². The van der Waals surface area contributed by atoms with E-state index in [0.717, 1.165) is 70.6 Å². The Bertz CT molecular complexity index is 1350. The topological polar surface area (TPSA) is 108 Å². The zero-order chi connectivity index (χ0) is 42.8. The van der Waals surface area contributed by atoms with Crippen LogP contribution in [0.2, 0.25) is 0 Å². The summed E-state index contributed by atoms with van der Waals surface area (Å²) >= 11 is 0. The summed E-state index contributed by atoms with van der Waals surface area (Å²) in [6.45, 7) is 4.11. The first-order chi connectivity index (χ1) is 28.0. The number of hydrogen-bond acceptors (Lipinski definition) is 7. The highest BCUT2D eigenvalue weighted by atomic mass is 31.2. The van der Waals surface area contributed by atoms with E-state index in [-0.39, 0.29) is 26.1 Å². The Labute approximate surface area is 353 Å². The first kappa shape index (κ1) is 54.7. The molecule has 0 aliphatic heterocycles. The summed E-state index contributed by atoms with van der Waals surface area (Å²) in [4.78, 5) is 35.3. The maximum atomic E-state index is 12.7. The largest absolute Gasteiger partial charge is 0.472 e. The lowest BCUT2D eigenvalue weighted by atomic mass is 10.1. The second-order valence-corrected chi connectivity index (χ2v) is 16.4. The molecule has 0 radical (unpaired) electrons. The van der Waals surface area contributed by atoms with E-state index in [2.05, 4.69) is 111 Å². The fourth-order valence-corrected chi connectivity index (χ4v) is 5.67. The van der Waals surface area contributed by atoms with Crippen molar-refractivity contribution in [3.63, 3.8) is 0 Å². The summed E-state index contributed by atoms with van der Waals surface area (Å²) in [5, 5.41) is 0. The first-order valence-corrected chi connectivity index (χ1v) is 23.1. The number of likely N-dealkylation sites (N-methyl/N-ethyl adjacent to an activating group) is 1. The first-order valence-electron chi connectivity index (χ1n) is 21.6. The molecular formula is C48H79NO8P+. The lowest BCUT2D eigenvalue weighted by Gasteiger charge is -2.24. The van der Waals surface area contributed by atoms with Gasteiger partial charge in [0, 0.05) is 12.8 Å². The second-order valence-electron chi connectivity index (χ2n) is 15.0. The second kappa shape index (κ2) is 39.1. The van der Waals surface area contributed by atoms with E-state index in [4.69, 9.17) is 18.5 Å². The molecule has 0 fully saturated rings. The third kappa shape index (κ3) is 42.3. The molecule has 1 N–H and O–H groups in total. The maximum absolute atomic E-state index is 12.7. The Balaban J connectivity index is 4.60. The summed E-state index contributed by atoms with van der Waals surface area (Å²) in [6, 6.07) is 0. The molecule has 10 heteroatoms. The molecule has 0 saturated carbocycles. The predicted molar refractivity (Wildman–Crippen MR) is 242 cm³/mol. The Morgan fingerprint density at radius 1 is 0.552 bits per heavy atom. The van der Waals surface area contributed by atoms with Gasteiger partial charge in [-0.2, -0.15) is 0 Å². The molecule has 0 aromatic rings. The molecule has 0 bridgehead atoms. The summed E-state index contributed by atoms with van der Waals surface area (Å²) < 4.78 is 34.1. The van der Waals surface area contributed by atoms with Crippen molar-refractivity contribution in [3.8, 4) is 0 Å². The van der Waals surface area contributed by atoms with Crippen LogP contribution in [0.3, 0.4) is 0 Å². The normalized spacial score (nSPS) is 14.7. The zero-order valence-corrected chi connectivity index (χ0v) is 37.6. The molecule has 0 aromatic carbocycles. The molecule has 1 unspecified atom stereocenters. The van der Waals surface area contributed by atoms with Crippen LogP contribution >= 0.6 is 7.82 Å². The van der Waals surface area contributed by atoms with E-state index in [1.807, 2.05) is 33.3 Å². The van der Waals surface area contributed by atoms with Gasteiger partial charge in [-0.25, -0.2) is 4.57 Å². The van der Waals surface area contributed by atoms with Gasteiger partial charge in [0.25, 0.3) is 0 Å². The van der Waals surface area contributed by atoms with Gasteiger partial charge in [0.1, 0.15) is 19.8 Å². The van der Waals surface area contributed by atoms with E-state index in [1.165, 1.54) is 19.3 Å². The highest BCUT2D eigenvalue weighted by Gasteiger charge is 2.27. The number of nitrogens with zero attached hydrogens (tertiary/aromatic N) is 1. The van der Waals surface area contributed by atoms with E-state index < -0.39 is 32.5 Å². The number of quaternary nitrogens is 1. The monoisotopic (exact) mass is 829 g/mol.